The third-order valence-electron chi connectivity index (χ3n) is 3.62. The molecule has 0 aliphatic rings. The third-order valence-corrected chi connectivity index (χ3v) is 4.70. The topological polar surface area (TPSA) is 68.3 Å². The number of benzene rings is 2. The SMILES string of the molecule is C[C@H](OC(=O)c1c(F)cccc1Cl)C(=O)Nc1nc(-c2ccccc2)cs1. The van der Waals surface area contributed by atoms with Crippen LogP contribution in [0.15, 0.2) is 53.9 Å². The van der Waals surface area contributed by atoms with Gasteiger partial charge in [0.05, 0.1) is 10.7 Å². The van der Waals surface area contributed by atoms with Crippen LogP contribution in [0.3, 0.4) is 0 Å². The van der Waals surface area contributed by atoms with Gasteiger partial charge < -0.3 is 4.74 Å². The molecule has 0 bridgehead atoms. The molecule has 0 radical (unpaired) electrons. The number of hydrogen-bond donors (Lipinski definition) is 1. The molecule has 2 aromatic carbocycles. The molecule has 0 aliphatic heterocycles. The van der Waals surface area contributed by atoms with Crippen molar-refractivity contribution in [2.75, 3.05) is 5.32 Å². The maximum atomic E-state index is 13.8. The first kappa shape index (κ1) is 19.0. The van der Waals surface area contributed by atoms with Crippen LogP contribution in [0.1, 0.15) is 17.3 Å². The summed E-state index contributed by atoms with van der Waals surface area (Å²) >= 11 is 7.07. The summed E-state index contributed by atoms with van der Waals surface area (Å²) in [5.74, 6) is -2.40. The Hall–Kier alpha value is -2.77. The first-order valence-corrected chi connectivity index (χ1v) is 9.18. The van der Waals surface area contributed by atoms with Gasteiger partial charge in [0.1, 0.15) is 11.4 Å². The van der Waals surface area contributed by atoms with Crippen LogP contribution in [-0.2, 0) is 9.53 Å². The Bertz CT molecular complexity index is 958. The van der Waals surface area contributed by atoms with Crippen LogP contribution in [0.25, 0.3) is 11.3 Å². The van der Waals surface area contributed by atoms with E-state index in [-0.39, 0.29) is 5.02 Å². The number of carbonyl (C=O) groups is 2. The first-order chi connectivity index (χ1) is 13.0. The number of ether oxygens (including phenoxy) is 1. The lowest BCUT2D eigenvalue weighted by atomic mass is 10.2. The van der Waals surface area contributed by atoms with E-state index in [2.05, 4.69) is 10.3 Å². The van der Waals surface area contributed by atoms with Crippen LogP contribution in [-0.4, -0.2) is 23.0 Å². The normalized spacial score (nSPS) is 11.7. The predicted octanol–water partition coefficient (Wildman–Crippen LogP) is 4.79. The largest absolute Gasteiger partial charge is 0.449 e. The van der Waals surface area contributed by atoms with E-state index in [9.17, 15) is 14.0 Å². The Morgan fingerprint density at radius 1 is 1.19 bits per heavy atom. The minimum absolute atomic E-state index is 0.0833. The summed E-state index contributed by atoms with van der Waals surface area (Å²) in [5.41, 5.74) is 1.24. The van der Waals surface area contributed by atoms with Gasteiger partial charge in [0.2, 0.25) is 0 Å². The van der Waals surface area contributed by atoms with Gasteiger partial charge in [-0.05, 0) is 19.1 Å². The van der Waals surface area contributed by atoms with Crippen LogP contribution < -0.4 is 5.32 Å². The molecule has 0 aliphatic carbocycles. The van der Waals surface area contributed by atoms with Crippen LogP contribution in [0.5, 0.6) is 0 Å². The van der Waals surface area contributed by atoms with Crippen LogP contribution in [0.4, 0.5) is 9.52 Å². The van der Waals surface area contributed by atoms with Crippen molar-refractivity contribution in [2.45, 2.75) is 13.0 Å². The number of esters is 1. The molecule has 1 atom stereocenters. The van der Waals surface area contributed by atoms with E-state index in [1.807, 2.05) is 30.3 Å². The fraction of sp³-hybridized carbons (Fsp3) is 0.105. The number of aromatic nitrogens is 1. The Kier molecular flexibility index (Phi) is 5.83. The third kappa shape index (κ3) is 4.50. The highest BCUT2D eigenvalue weighted by Crippen LogP contribution is 2.25. The highest BCUT2D eigenvalue weighted by atomic mass is 35.5. The van der Waals surface area contributed by atoms with E-state index in [1.54, 1.807) is 5.38 Å². The van der Waals surface area contributed by atoms with Gasteiger partial charge in [0.25, 0.3) is 5.91 Å². The minimum atomic E-state index is -1.16. The number of carbonyl (C=O) groups excluding carboxylic acids is 2. The summed E-state index contributed by atoms with van der Waals surface area (Å²) in [6.07, 6.45) is -1.16. The molecule has 1 amide bonds. The number of anilines is 1. The Labute approximate surface area is 163 Å². The Morgan fingerprint density at radius 2 is 1.93 bits per heavy atom. The lowest BCUT2D eigenvalue weighted by Crippen LogP contribution is -2.30. The average molecular weight is 405 g/mol. The molecule has 5 nitrogen and oxygen atoms in total. The van der Waals surface area contributed by atoms with Gasteiger partial charge in [-0.3, -0.25) is 10.1 Å². The van der Waals surface area contributed by atoms with E-state index in [0.29, 0.717) is 5.13 Å². The highest BCUT2D eigenvalue weighted by Gasteiger charge is 2.23. The highest BCUT2D eigenvalue weighted by molar-refractivity contribution is 7.14. The molecule has 0 unspecified atom stereocenters. The number of hydrogen-bond acceptors (Lipinski definition) is 5. The van der Waals surface area contributed by atoms with Gasteiger partial charge >= 0.3 is 5.97 Å². The summed E-state index contributed by atoms with van der Waals surface area (Å²) in [7, 11) is 0. The number of nitrogens with zero attached hydrogens (tertiary/aromatic N) is 1. The Morgan fingerprint density at radius 3 is 2.63 bits per heavy atom. The van der Waals surface area contributed by atoms with E-state index >= 15 is 0 Å². The zero-order valence-electron chi connectivity index (χ0n) is 14.1. The zero-order valence-corrected chi connectivity index (χ0v) is 15.7. The molecule has 1 aromatic heterocycles. The molecule has 1 heterocycles. The lowest BCUT2D eigenvalue weighted by molar-refractivity contribution is -0.123. The summed E-state index contributed by atoms with van der Waals surface area (Å²) in [6.45, 7) is 1.38. The molecular formula is C19H14ClFN2O3S. The summed E-state index contributed by atoms with van der Waals surface area (Å²) in [5, 5.41) is 4.67. The summed E-state index contributed by atoms with van der Waals surface area (Å²) in [4.78, 5) is 28.7. The standard InChI is InChI=1S/C19H14ClFN2O3S/c1-11(26-18(25)16-13(20)8-5-9-14(16)21)17(24)23-19-22-15(10-27-19)12-6-3-2-4-7-12/h2-11H,1H3,(H,22,23,24)/t11-/m0/s1. The smallest absolute Gasteiger partial charge is 0.343 e. The van der Waals surface area contributed by atoms with Gasteiger partial charge in [-0.1, -0.05) is 48.0 Å². The van der Waals surface area contributed by atoms with Crippen molar-refractivity contribution in [3.63, 3.8) is 0 Å². The predicted molar refractivity (Wildman–Crippen MR) is 102 cm³/mol. The summed E-state index contributed by atoms with van der Waals surface area (Å²) < 4.78 is 18.8. The summed E-state index contributed by atoms with van der Waals surface area (Å²) in [6, 6.07) is 13.3. The number of nitrogens with one attached hydrogen (secondary N) is 1. The molecule has 0 fully saturated rings. The number of rotatable bonds is 5. The molecule has 0 saturated carbocycles. The molecule has 1 N–H and O–H groups in total. The van der Waals surface area contributed by atoms with Crippen molar-refractivity contribution in [3.8, 4) is 11.3 Å². The maximum absolute atomic E-state index is 13.8. The first-order valence-electron chi connectivity index (χ1n) is 7.92. The van der Waals surface area contributed by atoms with Gasteiger partial charge in [0, 0.05) is 10.9 Å². The molecule has 3 rings (SSSR count). The molecule has 138 valence electrons. The van der Waals surface area contributed by atoms with Gasteiger partial charge in [-0.15, -0.1) is 11.3 Å². The molecule has 3 aromatic rings. The fourth-order valence-electron chi connectivity index (χ4n) is 2.25. The van der Waals surface area contributed by atoms with Crippen molar-refractivity contribution in [1.29, 1.82) is 0 Å². The van der Waals surface area contributed by atoms with Gasteiger partial charge in [-0.25, -0.2) is 14.2 Å². The quantitative estimate of drug-likeness (QED) is 0.621. The second-order valence-corrected chi connectivity index (χ2v) is 6.80. The monoisotopic (exact) mass is 404 g/mol. The maximum Gasteiger partial charge on any atom is 0.343 e. The molecule has 0 saturated heterocycles. The van der Waals surface area contributed by atoms with Crippen molar-refractivity contribution in [3.05, 3.63) is 70.3 Å². The lowest BCUT2D eigenvalue weighted by Gasteiger charge is -2.13. The number of amides is 1. The van der Waals surface area contributed by atoms with Crippen molar-refractivity contribution in [2.24, 2.45) is 0 Å². The molecule has 0 spiro atoms. The van der Waals surface area contributed by atoms with Crippen molar-refractivity contribution in [1.82, 2.24) is 4.98 Å². The van der Waals surface area contributed by atoms with Gasteiger partial charge in [-0.2, -0.15) is 0 Å². The average Bonchev–Trinajstić information content (AvgIpc) is 3.10. The minimum Gasteiger partial charge on any atom is -0.449 e. The number of halogens is 2. The second-order valence-electron chi connectivity index (χ2n) is 5.54. The molecule has 8 heteroatoms. The van der Waals surface area contributed by atoms with Crippen LogP contribution >= 0.6 is 22.9 Å². The molecular weight excluding hydrogens is 391 g/mol. The second kappa shape index (κ2) is 8.28. The van der Waals surface area contributed by atoms with Gasteiger partial charge in [0.15, 0.2) is 11.2 Å². The van der Waals surface area contributed by atoms with E-state index in [1.165, 1.54) is 30.4 Å². The zero-order chi connectivity index (χ0) is 19.4. The molecule has 27 heavy (non-hydrogen) atoms. The van der Waals surface area contributed by atoms with Crippen molar-refractivity contribution >= 4 is 39.9 Å². The van der Waals surface area contributed by atoms with E-state index in [0.717, 1.165) is 17.3 Å². The number of thiazole rings is 1. The van der Waals surface area contributed by atoms with Crippen LogP contribution in [0.2, 0.25) is 5.02 Å². The van der Waals surface area contributed by atoms with Crippen molar-refractivity contribution < 1.29 is 18.7 Å². The fourth-order valence-corrected chi connectivity index (χ4v) is 3.21. The van der Waals surface area contributed by atoms with Crippen LogP contribution in [0, 0.1) is 5.82 Å². The Balaban J connectivity index is 1.64. The van der Waals surface area contributed by atoms with E-state index < -0.39 is 29.4 Å². The van der Waals surface area contributed by atoms with E-state index in [4.69, 9.17) is 16.3 Å².